The summed E-state index contributed by atoms with van der Waals surface area (Å²) in [6.45, 7) is 0.509. The molecular formula is C27H24N2O2S. The van der Waals surface area contributed by atoms with Gasteiger partial charge >= 0.3 is 0 Å². The fourth-order valence-corrected chi connectivity index (χ4v) is 3.97. The first-order valence-electron chi connectivity index (χ1n) is 10.4. The van der Waals surface area contributed by atoms with Crippen LogP contribution in [-0.4, -0.2) is 17.9 Å². The summed E-state index contributed by atoms with van der Waals surface area (Å²) < 4.78 is 5.90. The molecule has 0 atom stereocenters. The van der Waals surface area contributed by atoms with E-state index in [1.807, 2.05) is 54.6 Å². The maximum absolute atomic E-state index is 11.9. The number of rotatable bonds is 9. The number of hydrazone groups is 1. The molecule has 0 aliphatic carbocycles. The van der Waals surface area contributed by atoms with Gasteiger partial charge in [0.25, 0.3) is 0 Å². The lowest BCUT2D eigenvalue weighted by molar-refractivity contribution is -0.118. The van der Waals surface area contributed by atoms with Crippen molar-refractivity contribution in [3.05, 3.63) is 114 Å². The molecule has 4 rings (SSSR count). The lowest BCUT2D eigenvalue weighted by Crippen LogP contribution is -2.19. The van der Waals surface area contributed by atoms with Crippen LogP contribution in [-0.2, 0) is 17.2 Å². The maximum Gasteiger partial charge on any atom is 0.250 e. The number of fused-ring (bicyclic) bond motifs is 1. The van der Waals surface area contributed by atoms with Crippen LogP contribution in [0.25, 0.3) is 10.8 Å². The molecule has 0 heterocycles. The number of thioether (sulfide) groups is 1. The highest BCUT2D eigenvalue weighted by Crippen LogP contribution is 2.18. The number of hydrogen-bond donors (Lipinski definition) is 1. The molecule has 1 amide bonds. The molecule has 0 saturated carbocycles. The third kappa shape index (κ3) is 6.46. The van der Waals surface area contributed by atoms with Gasteiger partial charge in [0.05, 0.1) is 12.0 Å². The molecular weight excluding hydrogens is 416 g/mol. The molecule has 0 aliphatic heterocycles. The van der Waals surface area contributed by atoms with E-state index < -0.39 is 0 Å². The Morgan fingerprint density at radius 1 is 0.844 bits per heavy atom. The quantitative estimate of drug-likeness (QED) is 0.264. The number of carbonyl (C=O) groups is 1. The molecule has 4 aromatic carbocycles. The monoisotopic (exact) mass is 440 g/mol. The minimum Gasteiger partial charge on any atom is -0.489 e. The Morgan fingerprint density at radius 2 is 1.59 bits per heavy atom. The molecule has 0 radical (unpaired) electrons. The van der Waals surface area contributed by atoms with Crippen LogP contribution in [0.2, 0.25) is 0 Å². The molecule has 0 spiro atoms. The first-order valence-corrected chi connectivity index (χ1v) is 11.6. The van der Waals surface area contributed by atoms with Gasteiger partial charge in [-0.1, -0.05) is 66.7 Å². The third-order valence-corrected chi connectivity index (χ3v) is 5.85. The van der Waals surface area contributed by atoms with E-state index >= 15 is 0 Å². The van der Waals surface area contributed by atoms with Crippen LogP contribution in [0.5, 0.6) is 5.75 Å². The van der Waals surface area contributed by atoms with Crippen LogP contribution in [0.4, 0.5) is 0 Å². The van der Waals surface area contributed by atoms with Crippen LogP contribution >= 0.6 is 11.8 Å². The van der Waals surface area contributed by atoms with Crippen LogP contribution in [0.1, 0.15) is 16.7 Å². The zero-order chi connectivity index (χ0) is 22.0. The summed E-state index contributed by atoms with van der Waals surface area (Å²) in [6, 6.07) is 32.4. The van der Waals surface area contributed by atoms with Crippen molar-refractivity contribution in [3.8, 4) is 5.75 Å². The Morgan fingerprint density at radius 3 is 2.41 bits per heavy atom. The lowest BCUT2D eigenvalue weighted by Gasteiger charge is -2.07. The van der Waals surface area contributed by atoms with Gasteiger partial charge in [0.1, 0.15) is 12.4 Å². The van der Waals surface area contributed by atoms with E-state index in [0.717, 1.165) is 22.6 Å². The molecule has 0 bridgehead atoms. The lowest BCUT2D eigenvalue weighted by atomic mass is 10.1. The minimum atomic E-state index is -0.113. The second-order valence-corrected chi connectivity index (χ2v) is 8.30. The first kappa shape index (κ1) is 21.7. The van der Waals surface area contributed by atoms with Gasteiger partial charge in [-0.25, -0.2) is 5.43 Å². The topological polar surface area (TPSA) is 50.7 Å². The van der Waals surface area contributed by atoms with Crippen molar-refractivity contribution >= 4 is 34.7 Å². The average molecular weight is 441 g/mol. The van der Waals surface area contributed by atoms with Crippen molar-refractivity contribution < 1.29 is 9.53 Å². The summed E-state index contributed by atoms with van der Waals surface area (Å²) in [4.78, 5) is 11.9. The zero-order valence-corrected chi connectivity index (χ0v) is 18.4. The van der Waals surface area contributed by atoms with Crippen molar-refractivity contribution in [3.63, 3.8) is 0 Å². The number of carbonyl (C=O) groups excluding carboxylic acids is 1. The highest BCUT2D eigenvalue weighted by atomic mass is 32.2. The Bertz CT molecular complexity index is 1190. The molecule has 0 aliphatic rings. The Hall–Kier alpha value is -3.57. The minimum absolute atomic E-state index is 0.113. The summed E-state index contributed by atoms with van der Waals surface area (Å²) in [5.74, 6) is 1.85. The van der Waals surface area contributed by atoms with Crippen LogP contribution in [0.3, 0.4) is 0 Å². The number of ether oxygens (including phenoxy) is 1. The van der Waals surface area contributed by atoms with E-state index in [4.69, 9.17) is 4.74 Å². The summed E-state index contributed by atoms with van der Waals surface area (Å²) >= 11 is 1.56. The SMILES string of the molecule is O=C(CSCc1ccccc1)N/N=C\c1ccc(OCc2ccc3ccccc3c2)cc1. The van der Waals surface area contributed by atoms with E-state index in [0.29, 0.717) is 12.4 Å². The van der Waals surface area contributed by atoms with Gasteiger partial charge in [0.2, 0.25) is 5.91 Å². The van der Waals surface area contributed by atoms with Gasteiger partial charge in [-0.15, -0.1) is 11.8 Å². The normalized spacial score (nSPS) is 11.0. The van der Waals surface area contributed by atoms with E-state index in [1.54, 1.807) is 18.0 Å². The van der Waals surface area contributed by atoms with Crippen molar-refractivity contribution in [2.75, 3.05) is 5.75 Å². The molecule has 32 heavy (non-hydrogen) atoms. The third-order valence-electron chi connectivity index (χ3n) is 4.85. The van der Waals surface area contributed by atoms with Gasteiger partial charge in [0, 0.05) is 5.75 Å². The first-order chi connectivity index (χ1) is 15.8. The van der Waals surface area contributed by atoms with E-state index in [1.165, 1.54) is 16.3 Å². The molecule has 1 N–H and O–H groups in total. The summed E-state index contributed by atoms with van der Waals surface area (Å²) in [5, 5.41) is 6.47. The van der Waals surface area contributed by atoms with Gasteiger partial charge in [-0.05, 0) is 57.8 Å². The molecule has 0 unspecified atom stereocenters. The Kier molecular flexibility index (Phi) is 7.55. The highest BCUT2D eigenvalue weighted by Gasteiger charge is 2.01. The molecule has 5 heteroatoms. The van der Waals surface area contributed by atoms with Crippen LogP contribution < -0.4 is 10.2 Å². The molecule has 160 valence electrons. The molecule has 4 nitrogen and oxygen atoms in total. The van der Waals surface area contributed by atoms with E-state index in [-0.39, 0.29) is 5.91 Å². The smallest absolute Gasteiger partial charge is 0.250 e. The van der Waals surface area contributed by atoms with Crippen molar-refractivity contribution in [2.24, 2.45) is 5.10 Å². The molecule has 4 aromatic rings. The van der Waals surface area contributed by atoms with Crippen LogP contribution in [0.15, 0.2) is 102 Å². The fraction of sp³-hybridized carbons (Fsp3) is 0.111. The van der Waals surface area contributed by atoms with E-state index in [9.17, 15) is 4.79 Å². The molecule has 0 aromatic heterocycles. The molecule has 0 fully saturated rings. The second-order valence-electron chi connectivity index (χ2n) is 7.31. The fourth-order valence-electron chi connectivity index (χ4n) is 3.19. The van der Waals surface area contributed by atoms with E-state index in [2.05, 4.69) is 53.0 Å². The summed E-state index contributed by atoms with van der Waals surface area (Å²) in [7, 11) is 0. The van der Waals surface area contributed by atoms with Gasteiger partial charge in [0.15, 0.2) is 0 Å². The van der Waals surface area contributed by atoms with Crippen molar-refractivity contribution in [2.45, 2.75) is 12.4 Å². The van der Waals surface area contributed by atoms with Crippen molar-refractivity contribution in [1.82, 2.24) is 5.43 Å². The standard InChI is InChI=1S/C27H24N2O2S/c30-27(20-32-19-22-6-2-1-3-7-22)29-28-17-21-11-14-26(15-12-21)31-18-23-10-13-24-8-4-5-9-25(24)16-23/h1-17H,18-20H2,(H,29,30)/b28-17-. The Balaban J connectivity index is 1.20. The van der Waals surface area contributed by atoms with Gasteiger partial charge in [-0.2, -0.15) is 5.10 Å². The predicted molar refractivity (Wildman–Crippen MR) is 133 cm³/mol. The highest BCUT2D eigenvalue weighted by molar-refractivity contribution is 7.99. The largest absolute Gasteiger partial charge is 0.489 e. The molecule has 0 saturated heterocycles. The number of benzene rings is 4. The van der Waals surface area contributed by atoms with Gasteiger partial charge in [-0.3, -0.25) is 4.79 Å². The summed E-state index contributed by atoms with van der Waals surface area (Å²) in [6.07, 6.45) is 1.63. The average Bonchev–Trinajstić information content (AvgIpc) is 2.84. The Labute approximate surface area is 192 Å². The van der Waals surface area contributed by atoms with Crippen molar-refractivity contribution in [1.29, 1.82) is 0 Å². The van der Waals surface area contributed by atoms with Gasteiger partial charge < -0.3 is 4.74 Å². The second kappa shape index (κ2) is 11.2. The zero-order valence-electron chi connectivity index (χ0n) is 17.6. The summed E-state index contributed by atoms with van der Waals surface area (Å²) in [5.41, 5.74) is 5.79. The number of nitrogens with one attached hydrogen (secondary N) is 1. The number of hydrogen-bond acceptors (Lipinski definition) is 4. The number of nitrogens with zero attached hydrogens (tertiary/aromatic N) is 1. The predicted octanol–water partition coefficient (Wildman–Crippen LogP) is 5.80. The number of amides is 1. The van der Waals surface area contributed by atoms with Crippen LogP contribution in [0, 0.1) is 0 Å². The maximum atomic E-state index is 11.9.